The van der Waals surface area contributed by atoms with Gasteiger partial charge in [0.15, 0.2) is 0 Å². The molecule has 0 radical (unpaired) electrons. The zero-order valence-corrected chi connectivity index (χ0v) is 14.2. The SMILES string of the molecule is O=C(O)c1cccc(CN2CCNC(=O)C2c2ccccc2C(F)(F)F)c1. The van der Waals surface area contributed by atoms with Crippen LogP contribution in [0.15, 0.2) is 48.5 Å². The van der Waals surface area contributed by atoms with E-state index in [-0.39, 0.29) is 17.7 Å². The van der Waals surface area contributed by atoms with E-state index in [0.717, 1.165) is 6.07 Å². The van der Waals surface area contributed by atoms with Crippen molar-refractivity contribution in [1.29, 1.82) is 0 Å². The highest BCUT2D eigenvalue weighted by atomic mass is 19.4. The maximum absolute atomic E-state index is 13.4. The number of piperazine rings is 1. The molecule has 2 N–H and O–H groups in total. The van der Waals surface area contributed by atoms with Gasteiger partial charge in [-0.2, -0.15) is 13.2 Å². The zero-order chi connectivity index (χ0) is 19.6. The Morgan fingerprint density at radius 3 is 2.63 bits per heavy atom. The monoisotopic (exact) mass is 378 g/mol. The third-order valence-corrected chi connectivity index (χ3v) is 4.43. The first-order valence-electron chi connectivity index (χ1n) is 8.27. The average molecular weight is 378 g/mol. The number of carboxylic acid groups (broad SMARTS) is 1. The number of nitrogens with zero attached hydrogens (tertiary/aromatic N) is 1. The number of nitrogens with one attached hydrogen (secondary N) is 1. The van der Waals surface area contributed by atoms with E-state index in [1.54, 1.807) is 17.0 Å². The number of amides is 1. The van der Waals surface area contributed by atoms with Gasteiger partial charge in [0.2, 0.25) is 5.91 Å². The van der Waals surface area contributed by atoms with Crippen molar-refractivity contribution in [3.63, 3.8) is 0 Å². The lowest BCUT2D eigenvalue weighted by Gasteiger charge is -2.36. The molecule has 5 nitrogen and oxygen atoms in total. The highest BCUT2D eigenvalue weighted by molar-refractivity contribution is 5.87. The summed E-state index contributed by atoms with van der Waals surface area (Å²) in [5.74, 6) is -1.60. The molecule has 1 aliphatic heterocycles. The molecule has 0 bridgehead atoms. The predicted molar refractivity (Wildman–Crippen MR) is 91.0 cm³/mol. The highest BCUT2D eigenvalue weighted by Gasteiger charge is 2.40. The van der Waals surface area contributed by atoms with Gasteiger partial charge in [0.1, 0.15) is 6.04 Å². The molecule has 27 heavy (non-hydrogen) atoms. The Morgan fingerprint density at radius 2 is 1.93 bits per heavy atom. The Hall–Kier alpha value is -2.87. The number of carbonyl (C=O) groups excluding carboxylic acids is 1. The van der Waals surface area contributed by atoms with Gasteiger partial charge in [0.25, 0.3) is 0 Å². The van der Waals surface area contributed by atoms with Crippen LogP contribution < -0.4 is 5.32 Å². The van der Waals surface area contributed by atoms with Crippen LogP contribution >= 0.6 is 0 Å². The van der Waals surface area contributed by atoms with Crippen LogP contribution in [0.3, 0.4) is 0 Å². The second-order valence-electron chi connectivity index (χ2n) is 6.25. The van der Waals surface area contributed by atoms with E-state index in [9.17, 15) is 22.8 Å². The Kier molecular flexibility index (Phi) is 5.18. The number of hydrogen-bond acceptors (Lipinski definition) is 3. The van der Waals surface area contributed by atoms with E-state index < -0.39 is 29.7 Å². The summed E-state index contributed by atoms with van der Waals surface area (Å²) < 4.78 is 40.2. The molecule has 0 spiro atoms. The van der Waals surface area contributed by atoms with E-state index >= 15 is 0 Å². The van der Waals surface area contributed by atoms with Crippen LogP contribution in [0.2, 0.25) is 0 Å². The number of rotatable bonds is 4. The van der Waals surface area contributed by atoms with E-state index in [0.29, 0.717) is 18.7 Å². The maximum Gasteiger partial charge on any atom is 0.416 e. The predicted octanol–water partition coefficient (Wildman–Crippen LogP) is 3.08. The Bertz CT molecular complexity index is 867. The van der Waals surface area contributed by atoms with E-state index in [1.165, 1.54) is 30.3 Å². The Balaban J connectivity index is 1.97. The minimum atomic E-state index is -4.58. The fourth-order valence-electron chi connectivity index (χ4n) is 3.25. The maximum atomic E-state index is 13.4. The number of carbonyl (C=O) groups is 2. The van der Waals surface area contributed by atoms with Gasteiger partial charge in [-0.3, -0.25) is 9.69 Å². The summed E-state index contributed by atoms with van der Waals surface area (Å²) in [7, 11) is 0. The summed E-state index contributed by atoms with van der Waals surface area (Å²) in [4.78, 5) is 25.2. The number of aromatic carboxylic acids is 1. The molecule has 1 saturated heterocycles. The molecule has 1 fully saturated rings. The van der Waals surface area contributed by atoms with Gasteiger partial charge in [0, 0.05) is 19.6 Å². The first-order valence-corrected chi connectivity index (χ1v) is 8.27. The normalized spacial score (nSPS) is 18.2. The Morgan fingerprint density at radius 1 is 1.19 bits per heavy atom. The fourth-order valence-corrected chi connectivity index (χ4v) is 3.25. The van der Waals surface area contributed by atoms with Gasteiger partial charge < -0.3 is 10.4 Å². The van der Waals surface area contributed by atoms with Crippen molar-refractivity contribution < 1.29 is 27.9 Å². The van der Waals surface area contributed by atoms with Crippen molar-refractivity contribution in [3.05, 3.63) is 70.8 Å². The van der Waals surface area contributed by atoms with E-state index in [2.05, 4.69) is 5.32 Å². The third kappa shape index (κ3) is 4.11. The second-order valence-corrected chi connectivity index (χ2v) is 6.25. The molecule has 1 amide bonds. The molecule has 3 rings (SSSR count). The molecule has 0 aliphatic carbocycles. The average Bonchev–Trinajstić information content (AvgIpc) is 2.61. The van der Waals surface area contributed by atoms with Gasteiger partial charge in [0.05, 0.1) is 11.1 Å². The van der Waals surface area contributed by atoms with Gasteiger partial charge in [-0.05, 0) is 29.3 Å². The number of benzene rings is 2. The summed E-state index contributed by atoms with van der Waals surface area (Å²) in [6.07, 6.45) is -4.58. The van der Waals surface area contributed by atoms with Gasteiger partial charge in [-0.1, -0.05) is 30.3 Å². The highest BCUT2D eigenvalue weighted by Crippen LogP contribution is 2.37. The van der Waals surface area contributed by atoms with Crippen LogP contribution in [0.1, 0.15) is 33.1 Å². The molecule has 0 saturated carbocycles. The lowest BCUT2D eigenvalue weighted by atomic mass is 9.96. The van der Waals surface area contributed by atoms with Crippen molar-refractivity contribution in [2.24, 2.45) is 0 Å². The van der Waals surface area contributed by atoms with Crippen LogP contribution in [0.4, 0.5) is 13.2 Å². The first kappa shape index (κ1) is 18.9. The van der Waals surface area contributed by atoms with Crippen molar-refractivity contribution in [1.82, 2.24) is 10.2 Å². The molecular formula is C19H17F3N2O3. The number of alkyl halides is 3. The topological polar surface area (TPSA) is 69.6 Å². The summed E-state index contributed by atoms with van der Waals surface area (Å²) in [5.41, 5.74) is -0.270. The molecule has 142 valence electrons. The standard InChI is InChI=1S/C19H17F3N2O3/c20-19(21,22)15-7-2-1-6-14(15)16-17(25)23-8-9-24(16)11-12-4-3-5-13(10-12)18(26)27/h1-7,10,16H,8-9,11H2,(H,23,25)(H,26,27). The quantitative estimate of drug-likeness (QED) is 0.858. The second kappa shape index (κ2) is 7.40. The van der Waals surface area contributed by atoms with Gasteiger partial charge in [-0.25, -0.2) is 4.79 Å². The number of carboxylic acids is 1. The Labute approximate surface area is 153 Å². The number of hydrogen-bond donors (Lipinski definition) is 2. The molecule has 8 heteroatoms. The van der Waals surface area contributed by atoms with Crippen molar-refractivity contribution >= 4 is 11.9 Å². The van der Waals surface area contributed by atoms with Crippen LogP contribution in [0.5, 0.6) is 0 Å². The first-order chi connectivity index (χ1) is 12.8. The van der Waals surface area contributed by atoms with Crippen LogP contribution in [0.25, 0.3) is 0 Å². The van der Waals surface area contributed by atoms with Crippen LogP contribution in [-0.4, -0.2) is 35.0 Å². The summed E-state index contributed by atoms with van der Waals surface area (Å²) in [5, 5.41) is 11.7. The molecule has 2 aromatic carbocycles. The van der Waals surface area contributed by atoms with Crippen LogP contribution in [0, 0.1) is 0 Å². The van der Waals surface area contributed by atoms with Crippen molar-refractivity contribution in [2.45, 2.75) is 18.8 Å². The number of halogens is 3. The molecule has 1 unspecified atom stereocenters. The molecule has 1 aliphatic rings. The molecular weight excluding hydrogens is 361 g/mol. The zero-order valence-electron chi connectivity index (χ0n) is 14.2. The summed E-state index contributed by atoms with van der Waals surface area (Å²) in [6, 6.07) is 10.1. The van der Waals surface area contributed by atoms with Crippen LogP contribution in [-0.2, 0) is 17.5 Å². The smallest absolute Gasteiger partial charge is 0.416 e. The largest absolute Gasteiger partial charge is 0.478 e. The van der Waals surface area contributed by atoms with E-state index in [4.69, 9.17) is 5.11 Å². The fraction of sp³-hybridized carbons (Fsp3) is 0.263. The minimum Gasteiger partial charge on any atom is -0.478 e. The molecule has 2 aromatic rings. The molecule has 0 aromatic heterocycles. The van der Waals surface area contributed by atoms with Crippen molar-refractivity contribution in [2.75, 3.05) is 13.1 Å². The summed E-state index contributed by atoms with van der Waals surface area (Å²) in [6.45, 7) is 0.813. The van der Waals surface area contributed by atoms with Gasteiger partial charge in [-0.15, -0.1) is 0 Å². The lowest BCUT2D eigenvalue weighted by Crippen LogP contribution is -2.50. The van der Waals surface area contributed by atoms with Gasteiger partial charge >= 0.3 is 12.1 Å². The summed E-state index contributed by atoms with van der Waals surface area (Å²) >= 11 is 0. The van der Waals surface area contributed by atoms with Crippen molar-refractivity contribution in [3.8, 4) is 0 Å². The molecule has 1 atom stereocenters. The lowest BCUT2D eigenvalue weighted by molar-refractivity contribution is -0.140. The minimum absolute atomic E-state index is 0.0844. The van der Waals surface area contributed by atoms with E-state index in [1.807, 2.05) is 0 Å². The third-order valence-electron chi connectivity index (χ3n) is 4.43. The molecule has 1 heterocycles.